The van der Waals surface area contributed by atoms with Crippen molar-refractivity contribution in [2.24, 2.45) is 0 Å². The highest BCUT2D eigenvalue weighted by molar-refractivity contribution is 9.10. The molecule has 1 aliphatic heterocycles. The van der Waals surface area contributed by atoms with Gasteiger partial charge in [0, 0.05) is 22.4 Å². The maximum Gasteiger partial charge on any atom is 0.302 e. The van der Waals surface area contributed by atoms with Gasteiger partial charge in [-0.2, -0.15) is 0 Å². The summed E-state index contributed by atoms with van der Waals surface area (Å²) in [5.41, 5.74) is 0.990. The van der Waals surface area contributed by atoms with E-state index in [1.165, 1.54) is 24.4 Å². The summed E-state index contributed by atoms with van der Waals surface area (Å²) in [5.74, 6) is -1.20. The number of anilines is 1. The van der Waals surface area contributed by atoms with Crippen molar-refractivity contribution in [2.45, 2.75) is 6.04 Å². The van der Waals surface area contributed by atoms with Crippen molar-refractivity contribution in [3.8, 4) is 5.75 Å². The van der Waals surface area contributed by atoms with Crippen molar-refractivity contribution in [3.05, 3.63) is 88.2 Å². The Kier molecular flexibility index (Phi) is 5.33. The van der Waals surface area contributed by atoms with Crippen LogP contribution in [0.4, 0.5) is 5.95 Å². The molecule has 1 amide bonds. The van der Waals surface area contributed by atoms with Gasteiger partial charge < -0.3 is 9.84 Å². The van der Waals surface area contributed by atoms with Crippen LogP contribution >= 0.6 is 15.9 Å². The lowest BCUT2D eigenvalue weighted by molar-refractivity contribution is -0.132. The molecule has 1 atom stereocenters. The summed E-state index contributed by atoms with van der Waals surface area (Å²) in [6.45, 7) is 0. The zero-order chi connectivity index (χ0) is 21.3. The third kappa shape index (κ3) is 3.46. The Hall–Kier alpha value is -3.52. The number of aliphatic hydroxyl groups is 1. The van der Waals surface area contributed by atoms with Gasteiger partial charge in [-0.1, -0.05) is 28.1 Å². The number of hydrogen-bond donors (Lipinski definition) is 1. The second-order valence-corrected chi connectivity index (χ2v) is 7.42. The third-order valence-electron chi connectivity index (χ3n) is 4.74. The number of ketones is 1. The lowest BCUT2D eigenvalue weighted by Gasteiger charge is -2.23. The van der Waals surface area contributed by atoms with Crippen LogP contribution in [0.2, 0.25) is 0 Å². The molecule has 1 saturated heterocycles. The number of benzene rings is 2. The number of rotatable bonds is 4. The fourth-order valence-electron chi connectivity index (χ4n) is 3.35. The van der Waals surface area contributed by atoms with E-state index in [-0.39, 0.29) is 17.3 Å². The maximum absolute atomic E-state index is 13.0. The van der Waals surface area contributed by atoms with Gasteiger partial charge >= 0.3 is 5.91 Å². The Morgan fingerprint density at radius 3 is 2.40 bits per heavy atom. The molecule has 7 nitrogen and oxygen atoms in total. The van der Waals surface area contributed by atoms with Gasteiger partial charge in [-0.05, 0) is 48.0 Å². The first-order valence-electron chi connectivity index (χ1n) is 8.99. The van der Waals surface area contributed by atoms with Crippen molar-refractivity contribution >= 4 is 39.3 Å². The molecule has 0 unspecified atom stereocenters. The minimum Gasteiger partial charge on any atom is -0.507 e. The van der Waals surface area contributed by atoms with Gasteiger partial charge in [0.1, 0.15) is 11.5 Å². The highest BCUT2D eigenvalue weighted by atomic mass is 79.9. The lowest BCUT2D eigenvalue weighted by atomic mass is 9.95. The molecule has 150 valence electrons. The molecule has 8 heteroatoms. The topological polar surface area (TPSA) is 92.6 Å². The smallest absolute Gasteiger partial charge is 0.302 e. The van der Waals surface area contributed by atoms with E-state index in [4.69, 9.17) is 4.74 Å². The highest BCUT2D eigenvalue weighted by Gasteiger charge is 2.48. The second kappa shape index (κ2) is 8.08. The zero-order valence-electron chi connectivity index (χ0n) is 15.8. The molecule has 0 bridgehead atoms. The van der Waals surface area contributed by atoms with E-state index in [0.717, 1.165) is 4.47 Å². The Bertz CT molecular complexity index is 1150. The summed E-state index contributed by atoms with van der Waals surface area (Å²) in [6.07, 6.45) is 2.98. The summed E-state index contributed by atoms with van der Waals surface area (Å²) in [4.78, 5) is 35.4. The molecule has 0 radical (unpaired) electrons. The molecule has 1 aromatic heterocycles. The van der Waals surface area contributed by atoms with E-state index in [9.17, 15) is 14.7 Å². The first-order chi connectivity index (χ1) is 14.5. The second-order valence-electron chi connectivity index (χ2n) is 6.50. The van der Waals surface area contributed by atoms with Crippen LogP contribution in [0.1, 0.15) is 17.2 Å². The van der Waals surface area contributed by atoms with Crippen LogP contribution in [0.25, 0.3) is 5.76 Å². The number of carbonyl (C=O) groups is 2. The van der Waals surface area contributed by atoms with Crippen molar-refractivity contribution in [2.75, 3.05) is 12.0 Å². The highest BCUT2D eigenvalue weighted by Crippen LogP contribution is 2.41. The monoisotopic (exact) mass is 465 g/mol. The van der Waals surface area contributed by atoms with E-state index in [2.05, 4.69) is 25.9 Å². The van der Waals surface area contributed by atoms with Crippen LogP contribution in [0.5, 0.6) is 5.75 Å². The Balaban J connectivity index is 1.93. The van der Waals surface area contributed by atoms with E-state index in [0.29, 0.717) is 16.9 Å². The SMILES string of the molecule is COc1ccc(/C(O)=C2\C(=O)C(=O)N(c3ncccn3)[C@H]2c2cccc(Br)c2)cc1. The van der Waals surface area contributed by atoms with Gasteiger partial charge in [0.25, 0.3) is 5.78 Å². The number of carbonyl (C=O) groups excluding carboxylic acids is 2. The van der Waals surface area contributed by atoms with Crippen LogP contribution in [0, 0.1) is 0 Å². The number of ether oxygens (including phenoxy) is 1. The molecule has 2 heterocycles. The van der Waals surface area contributed by atoms with E-state index in [1.54, 1.807) is 48.5 Å². The van der Waals surface area contributed by atoms with Gasteiger partial charge in [-0.15, -0.1) is 0 Å². The van der Waals surface area contributed by atoms with Crippen molar-refractivity contribution in [1.82, 2.24) is 9.97 Å². The minimum atomic E-state index is -0.882. The molecule has 2 aromatic carbocycles. The summed E-state index contributed by atoms with van der Waals surface area (Å²) in [6, 6.07) is 14.5. The Labute approximate surface area is 180 Å². The number of aromatic nitrogens is 2. The van der Waals surface area contributed by atoms with Gasteiger partial charge in [0.05, 0.1) is 18.7 Å². The molecular weight excluding hydrogens is 450 g/mol. The molecule has 1 aliphatic rings. The molecule has 4 rings (SSSR count). The number of Topliss-reactive ketones (excluding diaryl/α,β-unsaturated/α-hetero) is 1. The summed E-state index contributed by atoms with van der Waals surface area (Å²) in [5, 5.41) is 11.0. The van der Waals surface area contributed by atoms with Crippen molar-refractivity contribution in [1.29, 1.82) is 0 Å². The average molecular weight is 466 g/mol. The van der Waals surface area contributed by atoms with Gasteiger partial charge in [0.15, 0.2) is 0 Å². The quantitative estimate of drug-likeness (QED) is 0.357. The Morgan fingerprint density at radius 1 is 1.07 bits per heavy atom. The number of methoxy groups -OCH3 is 1. The predicted molar refractivity (Wildman–Crippen MR) is 114 cm³/mol. The largest absolute Gasteiger partial charge is 0.507 e. The fraction of sp³-hybridized carbons (Fsp3) is 0.0909. The molecular formula is C22H16BrN3O4. The summed E-state index contributed by atoms with van der Waals surface area (Å²) in [7, 11) is 1.54. The van der Waals surface area contributed by atoms with E-state index < -0.39 is 17.7 Å². The van der Waals surface area contributed by atoms with Gasteiger partial charge in [-0.25, -0.2) is 9.97 Å². The van der Waals surface area contributed by atoms with Crippen LogP contribution in [-0.4, -0.2) is 33.9 Å². The molecule has 0 saturated carbocycles. The summed E-state index contributed by atoms with van der Waals surface area (Å²) < 4.78 is 5.91. The predicted octanol–water partition coefficient (Wildman–Crippen LogP) is 3.87. The first-order valence-corrected chi connectivity index (χ1v) is 9.78. The molecule has 0 aliphatic carbocycles. The van der Waals surface area contributed by atoms with Crippen LogP contribution < -0.4 is 9.64 Å². The summed E-state index contributed by atoms with van der Waals surface area (Å²) >= 11 is 3.42. The molecule has 1 fully saturated rings. The molecule has 30 heavy (non-hydrogen) atoms. The molecule has 1 N–H and O–H groups in total. The molecule has 0 spiro atoms. The third-order valence-corrected chi connectivity index (χ3v) is 5.23. The fourth-order valence-corrected chi connectivity index (χ4v) is 3.77. The number of aliphatic hydroxyl groups excluding tert-OH is 1. The van der Waals surface area contributed by atoms with E-state index in [1.807, 2.05) is 6.07 Å². The van der Waals surface area contributed by atoms with Crippen LogP contribution in [0.15, 0.2) is 77.0 Å². The number of nitrogens with zero attached hydrogens (tertiary/aromatic N) is 3. The van der Waals surface area contributed by atoms with Crippen LogP contribution in [-0.2, 0) is 9.59 Å². The lowest BCUT2D eigenvalue weighted by Crippen LogP contribution is -2.31. The van der Waals surface area contributed by atoms with Crippen molar-refractivity contribution in [3.63, 3.8) is 0 Å². The Morgan fingerprint density at radius 2 is 1.77 bits per heavy atom. The number of amides is 1. The maximum atomic E-state index is 13.0. The van der Waals surface area contributed by atoms with Crippen molar-refractivity contribution < 1.29 is 19.4 Å². The van der Waals surface area contributed by atoms with Crippen LogP contribution in [0.3, 0.4) is 0 Å². The molecule has 3 aromatic rings. The normalized spacial score (nSPS) is 17.9. The first kappa shape index (κ1) is 19.8. The number of hydrogen-bond acceptors (Lipinski definition) is 6. The van der Waals surface area contributed by atoms with E-state index >= 15 is 0 Å². The minimum absolute atomic E-state index is 0.0317. The standard InChI is InChI=1S/C22H16BrN3O4/c1-30-16-8-6-13(7-9-16)19(27)17-18(14-4-2-5-15(23)12-14)26(21(29)20(17)28)22-24-10-3-11-25-22/h2-12,18,27H,1H3/b19-17+/t18-/m0/s1. The number of halogens is 1. The van der Waals surface area contributed by atoms with Gasteiger partial charge in [0.2, 0.25) is 5.95 Å². The zero-order valence-corrected chi connectivity index (χ0v) is 17.4. The van der Waals surface area contributed by atoms with Gasteiger partial charge in [-0.3, -0.25) is 14.5 Å². The average Bonchev–Trinajstić information content (AvgIpc) is 3.04.